The first-order valence-electron chi connectivity index (χ1n) is 8.40. The molecule has 3 rings (SSSR count). The van der Waals surface area contributed by atoms with Crippen LogP contribution in [0.1, 0.15) is 37.2 Å². The molecule has 0 radical (unpaired) electrons. The molecule has 0 atom stereocenters. The van der Waals surface area contributed by atoms with Crippen LogP contribution in [0, 0.1) is 0 Å². The van der Waals surface area contributed by atoms with Crippen molar-refractivity contribution < 1.29 is 4.79 Å². The van der Waals surface area contributed by atoms with Crippen LogP contribution in [0.15, 0.2) is 30.3 Å². The van der Waals surface area contributed by atoms with Gasteiger partial charge < -0.3 is 10.2 Å². The Labute approximate surface area is 147 Å². The third kappa shape index (κ3) is 3.79. The lowest BCUT2D eigenvalue weighted by atomic mass is 10.0. The zero-order valence-electron chi connectivity index (χ0n) is 14.1. The van der Waals surface area contributed by atoms with Gasteiger partial charge in [0.2, 0.25) is 0 Å². The second-order valence-corrected chi connectivity index (χ2v) is 6.93. The van der Waals surface area contributed by atoms with E-state index in [4.69, 9.17) is 11.6 Å². The van der Waals surface area contributed by atoms with E-state index < -0.39 is 0 Å². The van der Waals surface area contributed by atoms with Gasteiger partial charge >= 0.3 is 0 Å². The van der Waals surface area contributed by atoms with Crippen LogP contribution in [0.2, 0.25) is 5.02 Å². The first kappa shape index (κ1) is 17.0. The Morgan fingerprint density at radius 1 is 1.33 bits per heavy atom. The summed E-state index contributed by atoms with van der Waals surface area (Å²) in [5.74, 6) is -0.108. The molecule has 2 aromatic rings. The van der Waals surface area contributed by atoms with E-state index in [9.17, 15) is 4.79 Å². The molecular formula is C18H23ClN4O. The standard InChI is InChI=1S/C18H23ClN4O/c1-12(2)23-9-7-13(8-10-23)20-18(24)17-11-16(21-22-17)14-5-3-4-6-15(14)19/h3-6,11-13H,7-10H2,1-2H3,(H,20,24)(H,21,22). The average Bonchev–Trinajstić information content (AvgIpc) is 3.05. The van der Waals surface area contributed by atoms with Crippen LogP contribution < -0.4 is 5.32 Å². The fourth-order valence-corrected chi connectivity index (χ4v) is 3.30. The van der Waals surface area contributed by atoms with Crippen molar-refractivity contribution in [2.24, 2.45) is 0 Å². The number of amides is 1. The number of halogens is 1. The Morgan fingerprint density at radius 2 is 2.04 bits per heavy atom. The van der Waals surface area contributed by atoms with Crippen molar-refractivity contribution in [3.8, 4) is 11.3 Å². The molecule has 1 aromatic heterocycles. The second-order valence-electron chi connectivity index (χ2n) is 6.52. The van der Waals surface area contributed by atoms with E-state index in [-0.39, 0.29) is 11.9 Å². The average molecular weight is 347 g/mol. The van der Waals surface area contributed by atoms with Crippen molar-refractivity contribution in [3.05, 3.63) is 41.0 Å². The second kappa shape index (κ2) is 7.36. The van der Waals surface area contributed by atoms with E-state index in [0.717, 1.165) is 31.5 Å². The van der Waals surface area contributed by atoms with Gasteiger partial charge in [-0.3, -0.25) is 9.89 Å². The number of likely N-dealkylation sites (tertiary alicyclic amines) is 1. The number of carbonyl (C=O) groups is 1. The minimum absolute atomic E-state index is 0.108. The highest BCUT2D eigenvalue weighted by molar-refractivity contribution is 6.33. The third-order valence-corrected chi connectivity index (χ3v) is 4.90. The van der Waals surface area contributed by atoms with Gasteiger partial charge in [-0.25, -0.2) is 0 Å². The molecule has 0 aliphatic carbocycles. The van der Waals surface area contributed by atoms with Crippen molar-refractivity contribution in [3.63, 3.8) is 0 Å². The van der Waals surface area contributed by atoms with E-state index in [0.29, 0.717) is 22.5 Å². The molecule has 2 heterocycles. The van der Waals surface area contributed by atoms with Crippen LogP contribution in [0.3, 0.4) is 0 Å². The summed E-state index contributed by atoms with van der Waals surface area (Å²) in [5.41, 5.74) is 1.97. The molecule has 1 aliphatic heterocycles. The Morgan fingerprint density at radius 3 is 2.71 bits per heavy atom. The Bertz CT molecular complexity index is 705. The highest BCUT2D eigenvalue weighted by Crippen LogP contribution is 2.26. The SMILES string of the molecule is CC(C)N1CCC(NC(=O)c2cc(-c3ccccc3Cl)n[nH]2)CC1. The number of aromatic nitrogens is 2. The number of H-pyrrole nitrogens is 1. The fourth-order valence-electron chi connectivity index (χ4n) is 3.07. The van der Waals surface area contributed by atoms with Crippen molar-refractivity contribution in [2.75, 3.05) is 13.1 Å². The molecule has 0 spiro atoms. The highest BCUT2D eigenvalue weighted by Gasteiger charge is 2.23. The van der Waals surface area contributed by atoms with Crippen LogP contribution in [0.5, 0.6) is 0 Å². The summed E-state index contributed by atoms with van der Waals surface area (Å²) in [6, 6.07) is 10.0. The van der Waals surface area contributed by atoms with Crippen molar-refractivity contribution in [1.82, 2.24) is 20.4 Å². The van der Waals surface area contributed by atoms with E-state index in [1.807, 2.05) is 24.3 Å². The maximum atomic E-state index is 12.4. The number of hydrogen-bond acceptors (Lipinski definition) is 3. The number of nitrogens with zero attached hydrogens (tertiary/aromatic N) is 2. The molecule has 6 heteroatoms. The summed E-state index contributed by atoms with van der Waals surface area (Å²) >= 11 is 6.18. The highest BCUT2D eigenvalue weighted by atomic mass is 35.5. The van der Waals surface area contributed by atoms with Gasteiger partial charge in [0.05, 0.1) is 10.7 Å². The summed E-state index contributed by atoms with van der Waals surface area (Å²) < 4.78 is 0. The smallest absolute Gasteiger partial charge is 0.269 e. The molecule has 0 bridgehead atoms. The monoisotopic (exact) mass is 346 g/mol. The van der Waals surface area contributed by atoms with Crippen molar-refractivity contribution in [1.29, 1.82) is 0 Å². The summed E-state index contributed by atoms with van der Waals surface area (Å²) in [6.07, 6.45) is 1.96. The Kier molecular flexibility index (Phi) is 5.21. The summed E-state index contributed by atoms with van der Waals surface area (Å²) in [7, 11) is 0. The zero-order valence-corrected chi connectivity index (χ0v) is 14.8. The van der Waals surface area contributed by atoms with Gasteiger partial charge in [0.1, 0.15) is 5.69 Å². The largest absolute Gasteiger partial charge is 0.348 e. The topological polar surface area (TPSA) is 61.0 Å². The number of benzene rings is 1. The number of carbonyl (C=O) groups excluding carboxylic acids is 1. The lowest BCUT2D eigenvalue weighted by molar-refractivity contribution is 0.0895. The van der Waals surface area contributed by atoms with Gasteiger partial charge in [0, 0.05) is 30.7 Å². The normalized spacial score (nSPS) is 16.5. The number of rotatable bonds is 4. The molecule has 24 heavy (non-hydrogen) atoms. The van der Waals surface area contributed by atoms with Crippen molar-refractivity contribution in [2.45, 2.75) is 38.8 Å². The van der Waals surface area contributed by atoms with Gasteiger partial charge in [0.15, 0.2) is 0 Å². The quantitative estimate of drug-likeness (QED) is 0.892. The Balaban J connectivity index is 1.62. The van der Waals surface area contributed by atoms with E-state index in [2.05, 4.69) is 34.3 Å². The van der Waals surface area contributed by atoms with E-state index >= 15 is 0 Å². The predicted octanol–water partition coefficient (Wildman–Crippen LogP) is 3.33. The molecule has 1 aromatic carbocycles. The van der Waals surface area contributed by atoms with Gasteiger partial charge in [0.25, 0.3) is 5.91 Å². The molecule has 0 unspecified atom stereocenters. The molecule has 128 valence electrons. The number of nitrogens with one attached hydrogen (secondary N) is 2. The molecule has 1 amide bonds. The maximum absolute atomic E-state index is 12.4. The minimum Gasteiger partial charge on any atom is -0.348 e. The van der Waals surface area contributed by atoms with Crippen LogP contribution in [-0.4, -0.2) is 46.2 Å². The van der Waals surface area contributed by atoms with Gasteiger partial charge in [-0.15, -0.1) is 0 Å². The van der Waals surface area contributed by atoms with E-state index in [1.165, 1.54) is 0 Å². The van der Waals surface area contributed by atoms with Gasteiger partial charge in [-0.1, -0.05) is 29.8 Å². The Hall–Kier alpha value is -1.85. The first-order valence-corrected chi connectivity index (χ1v) is 8.77. The van der Waals surface area contributed by atoms with Crippen LogP contribution in [-0.2, 0) is 0 Å². The zero-order chi connectivity index (χ0) is 17.1. The maximum Gasteiger partial charge on any atom is 0.269 e. The predicted molar refractivity (Wildman–Crippen MR) is 96.2 cm³/mol. The summed E-state index contributed by atoms with van der Waals surface area (Å²) in [4.78, 5) is 14.9. The molecule has 1 fully saturated rings. The molecule has 2 N–H and O–H groups in total. The molecule has 0 saturated carbocycles. The summed E-state index contributed by atoms with van der Waals surface area (Å²) in [5, 5.41) is 10.8. The van der Waals surface area contributed by atoms with Crippen molar-refractivity contribution >= 4 is 17.5 Å². The van der Waals surface area contributed by atoms with Gasteiger partial charge in [-0.2, -0.15) is 5.10 Å². The van der Waals surface area contributed by atoms with E-state index in [1.54, 1.807) is 6.07 Å². The molecule has 5 nitrogen and oxygen atoms in total. The molecule has 1 saturated heterocycles. The van der Waals surface area contributed by atoms with Crippen LogP contribution in [0.25, 0.3) is 11.3 Å². The minimum atomic E-state index is -0.108. The van der Waals surface area contributed by atoms with Crippen LogP contribution >= 0.6 is 11.6 Å². The van der Waals surface area contributed by atoms with Gasteiger partial charge in [-0.05, 0) is 38.8 Å². The number of piperidine rings is 1. The third-order valence-electron chi connectivity index (χ3n) is 4.57. The number of hydrogen-bond donors (Lipinski definition) is 2. The first-order chi connectivity index (χ1) is 11.5. The summed E-state index contributed by atoms with van der Waals surface area (Å²) in [6.45, 7) is 6.46. The molecule has 1 aliphatic rings. The fraction of sp³-hybridized carbons (Fsp3) is 0.444. The lowest BCUT2D eigenvalue weighted by Crippen LogP contribution is -2.46. The molecular weight excluding hydrogens is 324 g/mol. The van der Waals surface area contributed by atoms with Crippen LogP contribution in [0.4, 0.5) is 0 Å². The lowest BCUT2D eigenvalue weighted by Gasteiger charge is -2.34. The number of aromatic amines is 1.